The number of aryl methyl sites for hydroxylation is 1. The van der Waals surface area contributed by atoms with Crippen LogP contribution in [0.1, 0.15) is 10.6 Å². The first kappa shape index (κ1) is 14.2. The zero-order chi connectivity index (χ0) is 14.1. The molecule has 0 radical (unpaired) electrons. The zero-order valence-electron chi connectivity index (χ0n) is 10.7. The van der Waals surface area contributed by atoms with Crippen LogP contribution in [0.4, 0.5) is 0 Å². The lowest BCUT2D eigenvalue weighted by atomic mass is 10.2. The van der Waals surface area contributed by atoms with Crippen LogP contribution < -0.4 is 0 Å². The van der Waals surface area contributed by atoms with Crippen molar-refractivity contribution in [1.29, 1.82) is 0 Å². The van der Waals surface area contributed by atoms with Crippen LogP contribution in [0, 0.1) is 6.92 Å². The number of fused-ring (bicyclic) bond motifs is 1. The Bertz CT molecular complexity index is 768. The Labute approximate surface area is 135 Å². The molecule has 3 aromatic rings. The molecule has 0 aliphatic carbocycles. The van der Waals surface area contributed by atoms with Crippen molar-refractivity contribution in [3.63, 3.8) is 0 Å². The van der Waals surface area contributed by atoms with Crippen LogP contribution in [0.15, 0.2) is 41.3 Å². The van der Waals surface area contributed by atoms with Gasteiger partial charge >= 0.3 is 0 Å². The summed E-state index contributed by atoms with van der Waals surface area (Å²) in [7, 11) is 0. The summed E-state index contributed by atoms with van der Waals surface area (Å²) in [5.41, 5.74) is 2.31. The lowest BCUT2D eigenvalue weighted by molar-refractivity contribution is 1.33. The normalized spacial score (nSPS) is 11.2. The van der Waals surface area contributed by atoms with Gasteiger partial charge in [-0.15, -0.1) is 23.1 Å². The van der Waals surface area contributed by atoms with Crippen molar-refractivity contribution in [2.24, 2.45) is 0 Å². The van der Waals surface area contributed by atoms with Crippen molar-refractivity contribution >= 4 is 56.5 Å². The van der Waals surface area contributed by atoms with E-state index in [1.54, 1.807) is 29.2 Å². The first-order chi connectivity index (χ1) is 9.61. The molecule has 0 aliphatic rings. The van der Waals surface area contributed by atoms with Crippen LogP contribution in [0.25, 0.3) is 10.2 Å². The minimum Gasteiger partial charge on any atom is -0.242 e. The molecule has 1 heterocycles. The lowest BCUT2D eigenvalue weighted by Crippen LogP contribution is -1.82. The molecule has 0 bridgehead atoms. The second-order valence-electron chi connectivity index (χ2n) is 4.40. The highest BCUT2D eigenvalue weighted by atomic mass is 35.5. The largest absolute Gasteiger partial charge is 0.242 e. The van der Waals surface area contributed by atoms with E-state index in [0.717, 1.165) is 26.2 Å². The summed E-state index contributed by atoms with van der Waals surface area (Å²) < 4.78 is 1.23. The van der Waals surface area contributed by atoms with E-state index in [2.05, 4.69) is 23.2 Å². The molecule has 102 valence electrons. The monoisotopic (exact) mass is 339 g/mol. The van der Waals surface area contributed by atoms with Crippen LogP contribution in [0.5, 0.6) is 0 Å². The van der Waals surface area contributed by atoms with E-state index in [1.807, 2.05) is 19.1 Å². The van der Waals surface area contributed by atoms with E-state index in [4.69, 9.17) is 23.2 Å². The second kappa shape index (κ2) is 5.94. The summed E-state index contributed by atoms with van der Waals surface area (Å²) in [5.74, 6) is 0.854. The molecular weight excluding hydrogens is 329 g/mol. The van der Waals surface area contributed by atoms with Crippen molar-refractivity contribution in [2.75, 3.05) is 0 Å². The SMILES string of the molecule is Cc1nc2cc(CSc3cc(Cl)ccc3Cl)ccc2s1. The molecule has 0 amide bonds. The van der Waals surface area contributed by atoms with Crippen molar-refractivity contribution in [1.82, 2.24) is 4.98 Å². The van der Waals surface area contributed by atoms with Crippen molar-refractivity contribution in [3.05, 3.63) is 57.0 Å². The summed E-state index contributed by atoms with van der Waals surface area (Å²) >= 11 is 15.6. The minimum atomic E-state index is 0.711. The third kappa shape index (κ3) is 3.12. The van der Waals surface area contributed by atoms with Gasteiger partial charge in [-0.1, -0.05) is 29.3 Å². The van der Waals surface area contributed by atoms with Crippen LogP contribution in [-0.4, -0.2) is 4.98 Å². The Balaban J connectivity index is 1.80. The fourth-order valence-corrected chi connectivity index (χ4v) is 4.17. The summed E-state index contributed by atoms with van der Waals surface area (Å²) in [5, 5.41) is 2.55. The van der Waals surface area contributed by atoms with E-state index >= 15 is 0 Å². The van der Waals surface area contributed by atoms with Gasteiger partial charge in [0.15, 0.2) is 0 Å². The Morgan fingerprint density at radius 2 is 2.00 bits per heavy atom. The van der Waals surface area contributed by atoms with E-state index in [-0.39, 0.29) is 0 Å². The minimum absolute atomic E-state index is 0.711. The molecule has 1 aromatic heterocycles. The Morgan fingerprint density at radius 1 is 1.15 bits per heavy atom. The summed E-state index contributed by atoms with van der Waals surface area (Å²) in [6, 6.07) is 12.0. The molecule has 0 atom stereocenters. The highest BCUT2D eigenvalue weighted by Crippen LogP contribution is 2.33. The fraction of sp³-hybridized carbons (Fsp3) is 0.133. The van der Waals surface area contributed by atoms with E-state index < -0.39 is 0 Å². The zero-order valence-corrected chi connectivity index (χ0v) is 13.8. The Hall–Kier alpha value is -0.740. The quantitative estimate of drug-likeness (QED) is 0.526. The number of halogens is 2. The van der Waals surface area contributed by atoms with Gasteiger partial charge in [0.05, 0.1) is 20.2 Å². The maximum Gasteiger partial charge on any atom is 0.0907 e. The summed E-state index contributed by atoms with van der Waals surface area (Å²) in [4.78, 5) is 5.53. The standard InChI is InChI=1S/C15H11Cl2NS2/c1-9-18-13-6-10(2-5-14(13)20-9)8-19-15-7-11(16)3-4-12(15)17/h2-7H,8H2,1H3. The van der Waals surface area contributed by atoms with Gasteiger partial charge in [-0.05, 0) is 42.8 Å². The predicted octanol–water partition coefficient (Wildman–Crippen LogP) is 6.20. The number of thiazole rings is 1. The molecule has 0 saturated carbocycles. The number of hydrogen-bond donors (Lipinski definition) is 0. The second-order valence-corrected chi connectivity index (χ2v) is 7.49. The molecule has 1 nitrogen and oxygen atoms in total. The molecule has 0 aliphatic heterocycles. The number of aromatic nitrogens is 1. The average molecular weight is 340 g/mol. The highest BCUT2D eigenvalue weighted by Gasteiger charge is 2.05. The topological polar surface area (TPSA) is 12.9 Å². The molecule has 0 unspecified atom stereocenters. The maximum atomic E-state index is 6.17. The average Bonchev–Trinajstić information content (AvgIpc) is 2.79. The van der Waals surface area contributed by atoms with Crippen LogP contribution >= 0.6 is 46.3 Å². The first-order valence-electron chi connectivity index (χ1n) is 6.06. The third-order valence-corrected chi connectivity index (χ3v) is 5.60. The molecule has 0 saturated heterocycles. The fourth-order valence-electron chi connectivity index (χ4n) is 1.93. The van der Waals surface area contributed by atoms with Crippen LogP contribution in [0.2, 0.25) is 10.0 Å². The number of rotatable bonds is 3. The molecule has 0 N–H and O–H groups in total. The highest BCUT2D eigenvalue weighted by molar-refractivity contribution is 7.98. The number of benzene rings is 2. The van der Waals surface area contributed by atoms with Crippen LogP contribution in [-0.2, 0) is 5.75 Å². The third-order valence-electron chi connectivity index (χ3n) is 2.85. The molecule has 2 aromatic carbocycles. The van der Waals surface area contributed by atoms with Gasteiger partial charge in [-0.3, -0.25) is 0 Å². The van der Waals surface area contributed by atoms with Crippen molar-refractivity contribution in [2.45, 2.75) is 17.6 Å². The molecule has 3 rings (SSSR count). The van der Waals surface area contributed by atoms with Gasteiger partial charge in [0.25, 0.3) is 0 Å². The van der Waals surface area contributed by atoms with Gasteiger partial charge in [0.1, 0.15) is 0 Å². The Kier molecular flexibility index (Phi) is 4.22. The molecule has 0 spiro atoms. The van der Waals surface area contributed by atoms with Crippen LogP contribution in [0.3, 0.4) is 0 Å². The predicted molar refractivity (Wildman–Crippen MR) is 90.4 cm³/mol. The van der Waals surface area contributed by atoms with Gasteiger partial charge in [-0.25, -0.2) is 4.98 Å². The molecule has 20 heavy (non-hydrogen) atoms. The van der Waals surface area contributed by atoms with Gasteiger partial charge in [0.2, 0.25) is 0 Å². The lowest BCUT2D eigenvalue weighted by Gasteiger charge is -2.05. The molecular formula is C15H11Cl2NS2. The summed E-state index contributed by atoms with van der Waals surface area (Å²) in [6.45, 7) is 2.03. The molecule has 0 fully saturated rings. The molecule has 5 heteroatoms. The first-order valence-corrected chi connectivity index (χ1v) is 8.61. The Morgan fingerprint density at radius 3 is 2.85 bits per heavy atom. The van der Waals surface area contributed by atoms with Crippen molar-refractivity contribution in [3.8, 4) is 0 Å². The number of thioether (sulfide) groups is 1. The van der Waals surface area contributed by atoms with Gasteiger partial charge in [0, 0.05) is 15.7 Å². The van der Waals surface area contributed by atoms with Crippen molar-refractivity contribution < 1.29 is 0 Å². The smallest absolute Gasteiger partial charge is 0.0907 e. The number of nitrogens with zero attached hydrogens (tertiary/aromatic N) is 1. The number of hydrogen-bond acceptors (Lipinski definition) is 3. The van der Waals surface area contributed by atoms with E-state index in [0.29, 0.717) is 5.02 Å². The van der Waals surface area contributed by atoms with Gasteiger partial charge in [-0.2, -0.15) is 0 Å². The van der Waals surface area contributed by atoms with Gasteiger partial charge < -0.3 is 0 Å². The van der Waals surface area contributed by atoms with E-state index in [9.17, 15) is 0 Å². The van der Waals surface area contributed by atoms with E-state index in [1.165, 1.54) is 10.3 Å². The maximum absolute atomic E-state index is 6.17. The summed E-state index contributed by atoms with van der Waals surface area (Å²) in [6.07, 6.45) is 0.